The van der Waals surface area contributed by atoms with E-state index >= 15 is 0 Å². The first-order chi connectivity index (χ1) is 7.24. The predicted octanol–water partition coefficient (Wildman–Crippen LogP) is 1.65. The second-order valence-corrected chi connectivity index (χ2v) is 3.60. The van der Waals surface area contributed by atoms with E-state index in [1.165, 1.54) is 6.34 Å². The van der Waals surface area contributed by atoms with Gasteiger partial charge < -0.3 is 5.73 Å². The van der Waals surface area contributed by atoms with Gasteiger partial charge in [0.1, 0.15) is 12.9 Å². The molecule has 0 aliphatic carbocycles. The lowest BCUT2D eigenvalue weighted by atomic mass is 10.1. The average molecular weight is 268 g/mol. The topological polar surface area (TPSA) is 67.8 Å². The molecule has 0 atom stereocenters. The SMILES string of the molecule is NC=NC=NCC(=O)c1ccc(Br)cc1. The highest BCUT2D eigenvalue weighted by atomic mass is 79.9. The van der Waals surface area contributed by atoms with Crippen molar-refractivity contribution in [1.82, 2.24) is 0 Å². The fraction of sp³-hybridized carbons (Fsp3) is 0.100. The second kappa shape index (κ2) is 6.08. The fourth-order valence-corrected chi connectivity index (χ4v) is 1.20. The van der Waals surface area contributed by atoms with E-state index in [1.807, 2.05) is 12.1 Å². The van der Waals surface area contributed by atoms with Crippen LogP contribution in [0.15, 0.2) is 38.7 Å². The van der Waals surface area contributed by atoms with Crippen molar-refractivity contribution < 1.29 is 4.79 Å². The van der Waals surface area contributed by atoms with Gasteiger partial charge in [0.15, 0.2) is 5.78 Å². The van der Waals surface area contributed by atoms with Gasteiger partial charge in [-0.1, -0.05) is 28.1 Å². The van der Waals surface area contributed by atoms with Crippen molar-refractivity contribution in [3.05, 3.63) is 34.3 Å². The van der Waals surface area contributed by atoms with Crippen LogP contribution < -0.4 is 5.73 Å². The summed E-state index contributed by atoms with van der Waals surface area (Å²) >= 11 is 3.29. The van der Waals surface area contributed by atoms with Crippen LogP contribution in [-0.2, 0) is 0 Å². The van der Waals surface area contributed by atoms with Crippen LogP contribution in [0.5, 0.6) is 0 Å². The minimum Gasteiger partial charge on any atom is -0.390 e. The van der Waals surface area contributed by atoms with Crippen molar-refractivity contribution in [2.24, 2.45) is 15.7 Å². The van der Waals surface area contributed by atoms with Gasteiger partial charge in [-0.15, -0.1) is 0 Å². The number of nitrogens with zero attached hydrogens (tertiary/aromatic N) is 2. The Hall–Kier alpha value is -1.49. The quantitative estimate of drug-likeness (QED) is 0.512. The monoisotopic (exact) mass is 267 g/mol. The Labute approximate surface area is 96.1 Å². The minimum absolute atomic E-state index is 0.0500. The maximum Gasteiger partial charge on any atom is 0.184 e. The van der Waals surface area contributed by atoms with Gasteiger partial charge in [0, 0.05) is 10.0 Å². The zero-order chi connectivity index (χ0) is 11.1. The number of hydrogen-bond acceptors (Lipinski definition) is 2. The number of halogens is 1. The third-order valence-electron chi connectivity index (χ3n) is 1.64. The number of hydrogen-bond donors (Lipinski definition) is 1. The Balaban J connectivity index is 2.58. The van der Waals surface area contributed by atoms with Crippen LogP contribution in [0.1, 0.15) is 10.4 Å². The second-order valence-electron chi connectivity index (χ2n) is 2.68. The standard InChI is InChI=1S/C10H10BrN3O/c11-9-3-1-8(2-4-9)10(15)5-13-7-14-6-12/h1-4,6-7H,5H2,(H2,12,13,14). The van der Waals surface area contributed by atoms with E-state index < -0.39 is 0 Å². The Morgan fingerprint density at radius 3 is 2.67 bits per heavy atom. The van der Waals surface area contributed by atoms with Crippen molar-refractivity contribution >= 4 is 34.4 Å². The number of benzene rings is 1. The van der Waals surface area contributed by atoms with Crippen LogP contribution in [0.2, 0.25) is 0 Å². The van der Waals surface area contributed by atoms with Gasteiger partial charge in [0.25, 0.3) is 0 Å². The van der Waals surface area contributed by atoms with E-state index in [-0.39, 0.29) is 12.3 Å². The van der Waals surface area contributed by atoms with E-state index in [0.29, 0.717) is 5.56 Å². The van der Waals surface area contributed by atoms with Gasteiger partial charge in [-0.2, -0.15) is 0 Å². The number of Topliss-reactive ketones (excluding diaryl/α,β-unsaturated/α-hetero) is 1. The third kappa shape index (κ3) is 4.03. The van der Waals surface area contributed by atoms with Gasteiger partial charge in [-0.05, 0) is 12.1 Å². The number of rotatable bonds is 4. The molecule has 0 aromatic heterocycles. The summed E-state index contributed by atoms with van der Waals surface area (Å²) in [7, 11) is 0. The lowest BCUT2D eigenvalue weighted by Gasteiger charge is -1.96. The lowest BCUT2D eigenvalue weighted by Crippen LogP contribution is -2.03. The Bertz CT molecular complexity index is 384. The van der Waals surface area contributed by atoms with Crippen LogP contribution >= 0.6 is 15.9 Å². The fourth-order valence-electron chi connectivity index (χ4n) is 0.936. The molecule has 0 saturated carbocycles. The van der Waals surface area contributed by atoms with Crippen molar-refractivity contribution in [3.63, 3.8) is 0 Å². The van der Waals surface area contributed by atoms with Crippen LogP contribution in [0.4, 0.5) is 0 Å². The molecule has 0 radical (unpaired) electrons. The molecule has 0 heterocycles. The van der Waals surface area contributed by atoms with E-state index in [1.54, 1.807) is 12.1 Å². The smallest absolute Gasteiger partial charge is 0.184 e. The highest BCUT2D eigenvalue weighted by molar-refractivity contribution is 9.10. The van der Waals surface area contributed by atoms with Crippen molar-refractivity contribution in [2.45, 2.75) is 0 Å². The summed E-state index contributed by atoms with van der Waals surface area (Å²) in [6.07, 6.45) is 2.38. The summed E-state index contributed by atoms with van der Waals surface area (Å²) in [5.74, 6) is -0.0500. The summed E-state index contributed by atoms with van der Waals surface area (Å²) in [5, 5.41) is 0. The molecule has 5 heteroatoms. The third-order valence-corrected chi connectivity index (χ3v) is 2.16. The maximum atomic E-state index is 11.5. The number of carbonyl (C=O) groups excluding carboxylic acids is 1. The molecule has 1 aromatic rings. The first-order valence-corrected chi connectivity index (χ1v) is 5.04. The molecule has 78 valence electrons. The van der Waals surface area contributed by atoms with Crippen LogP contribution in [0.3, 0.4) is 0 Å². The van der Waals surface area contributed by atoms with Crippen LogP contribution in [0.25, 0.3) is 0 Å². The Morgan fingerprint density at radius 1 is 1.40 bits per heavy atom. The molecule has 1 aromatic carbocycles. The van der Waals surface area contributed by atoms with E-state index in [9.17, 15) is 4.79 Å². The zero-order valence-corrected chi connectivity index (χ0v) is 9.52. The normalized spacial score (nSPS) is 11.3. The number of ketones is 1. The predicted molar refractivity (Wildman–Crippen MR) is 64.5 cm³/mol. The van der Waals surface area contributed by atoms with Gasteiger partial charge in [0.2, 0.25) is 0 Å². The number of aliphatic imine (C=N–C) groups is 2. The maximum absolute atomic E-state index is 11.5. The minimum atomic E-state index is -0.0500. The van der Waals surface area contributed by atoms with E-state index in [4.69, 9.17) is 5.73 Å². The Kier molecular flexibility index (Phi) is 4.70. The molecule has 0 unspecified atom stereocenters. The molecule has 15 heavy (non-hydrogen) atoms. The molecule has 0 amide bonds. The molecule has 0 fully saturated rings. The number of nitrogens with two attached hydrogens (primary N) is 1. The van der Waals surface area contributed by atoms with Gasteiger partial charge in [0.05, 0.1) is 6.34 Å². The van der Waals surface area contributed by atoms with Gasteiger partial charge in [-0.3, -0.25) is 9.79 Å². The summed E-state index contributed by atoms with van der Waals surface area (Å²) in [4.78, 5) is 18.9. The molecule has 1 rings (SSSR count). The molecule has 0 aliphatic heterocycles. The lowest BCUT2D eigenvalue weighted by molar-refractivity contribution is 0.100. The largest absolute Gasteiger partial charge is 0.390 e. The average Bonchev–Trinajstić information content (AvgIpc) is 2.25. The summed E-state index contributed by atoms with van der Waals surface area (Å²) in [5.41, 5.74) is 5.63. The van der Waals surface area contributed by atoms with Gasteiger partial charge in [-0.25, -0.2) is 4.99 Å². The van der Waals surface area contributed by atoms with Crippen molar-refractivity contribution in [2.75, 3.05) is 6.54 Å². The summed E-state index contributed by atoms with van der Waals surface area (Å²) in [6, 6.07) is 7.12. The molecule has 0 spiro atoms. The molecular weight excluding hydrogens is 258 g/mol. The highest BCUT2D eigenvalue weighted by Gasteiger charge is 2.02. The summed E-state index contributed by atoms with van der Waals surface area (Å²) in [6.45, 7) is 0.0823. The van der Waals surface area contributed by atoms with E-state index in [2.05, 4.69) is 25.9 Å². The molecular formula is C10H10BrN3O. The van der Waals surface area contributed by atoms with Crippen molar-refractivity contribution in [3.8, 4) is 0 Å². The molecule has 0 bridgehead atoms. The number of carbonyl (C=O) groups is 1. The van der Waals surface area contributed by atoms with Gasteiger partial charge >= 0.3 is 0 Å². The van der Waals surface area contributed by atoms with Crippen LogP contribution in [0, 0.1) is 0 Å². The molecule has 0 saturated heterocycles. The Morgan fingerprint density at radius 2 is 2.07 bits per heavy atom. The highest BCUT2D eigenvalue weighted by Crippen LogP contribution is 2.10. The van der Waals surface area contributed by atoms with Crippen LogP contribution in [-0.4, -0.2) is 25.0 Å². The zero-order valence-electron chi connectivity index (χ0n) is 7.93. The first-order valence-electron chi connectivity index (χ1n) is 4.24. The van der Waals surface area contributed by atoms with Crippen molar-refractivity contribution in [1.29, 1.82) is 0 Å². The molecule has 2 N–H and O–H groups in total. The molecule has 4 nitrogen and oxygen atoms in total. The van der Waals surface area contributed by atoms with E-state index in [0.717, 1.165) is 10.8 Å². The summed E-state index contributed by atoms with van der Waals surface area (Å²) < 4.78 is 0.940. The first kappa shape index (κ1) is 11.6. The molecule has 0 aliphatic rings.